The van der Waals surface area contributed by atoms with Crippen molar-refractivity contribution < 1.29 is 0 Å². The summed E-state index contributed by atoms with van der Waals surface area (Å²) >= 11 is 0. The topological polar surface area (TPSA) is 27.3 Å². The minimum atomic E-state index is -0.447. The minimum Gasteiger partial charge on any atom is -0.355 e. The van der Waals surface area contributed by atoms with Crippen LogP contribution in [-0.4, -0.2) is 26.2 Å². The Morgan fingerprint density at radius 3 is 1.67 bits per heavy atom. The van der Waals surface area contributed by atoms with E-state index in [1.807, 2.05) is 0 Å². The van der Waals surface area contributed by atoms with Crippen molar-refractivity contribution in [2.24, 2.45) is 0 Å². The number of nitrogens with one attached hydrogen (secondary N) is 2. The van der Waals surface area contributed by atoms with Gasteiger partial charge in [-0.1, -0.05) is 109 Å². The minimum absolute atomic E-state index is 0.0450. The number of nitrogens with zero attached hydrogens (tertiary/aromatic N) is 1. The number of hydrogen-bond donors (Lipinski definition) is 2. The summed E-state index contributed by atoms with van der Waals surface area (Å²) in [5, 5.41) is 7.60. The molecule has 33 heavy (non-hydrogen) atoms. The Balaban J connectivity index is 1.86. The Labute approximate surface area is 197 Å². The van der Waals surface area contributed by atoms with Crippen molar-refractivity contribution in [3.8, 4) is 0 Å². The zero-order chi connectivity index (χ0) is 22.3. The molecular weight excluding hydrogens is 402 g/mol. The lowest BCUT2D eigenvalue weighted by molar-refractivity contribution is 0.341. The van der Waals surface area contributed by atoms with Crippen LogP contribution in [0, 0.1) is 0 Å². The second-order valence-corrected chi connectivity index (χ2v) is 8.53. The van der Waals surface area contributed by atoms with E-state index in [1.165, 1.54) is 22.4 Å². The van der Waals surface area contributed by atoms with Gasteiger partial charge in [0.05, 0.1) is 6.04 Å². The molecule has 0 saturated carbocycles. The van der Waals surface area contributed by atoms with Gasteiger partial charge in [-0.05, 0) is 28.8 Å². The molecule has 0 spiro atoms. The van der Waals surface area contributed by atoms with Gasteiger partial charge in [-0.25, -0.2) is 0 Å². The fourth-order valence-corrected chi connectivity index (χ4v) is 5.24. The number of anilines is 1. The van der Waals surface area contributed by atoms with Crippen molar-refractivity contribution >= 4 is 5.69 Å². The summed E-state index contributed by atoms with van der Waals surface area (Å²) in [7, 11) is 0. The first-order valence-corrected chi connectivity index (χ1v) is 11.8. The molecule has 0 amide bonds. The summed E-state index contributed by atoms with van der Waals surface area (Å²) in [6, 6.07) is 43.8. The van der Waals surface area contributed by atoms with Crippen LogP contribution in [0.4, 0.5) is 5.69 Å². The molecular formula is C30H31N3. The van der Waals surface area contributed by atoms with Gasteiger partial charge in [-0.3, -0.25) is 0 Å². The van der Waals surface area contributed by atoms with Gasteiger partial charge in [-0.15, -0.1) is 0 Å². The van der Waals surface area contributed by atoms with Crippen LogP contribution in [0.3, 0.4) is 0 Å². The Hall–Kier alpha value is -3.40. The molecule has 3 nitrogen and oxygen atoms in total. The lowest BCUT2D eigenvalue weighted by atomic mass is 9.72. The molecule has 5 rings (SSSR count). The van der Waals surface area contributed by atoms with Crippen molar-refractivity contribution in [2.45, 2.75) is 11.6 Å². The Kier molecular flexibility index (Phi) is 6.52. The molecule has 1 unspecified atom stereocenters. The number of para-hydroxylation sites is 1. The molecule has 1 saturated heterocycles. The van der Waals surface area contributed by atoms with Crippen molar-refractivity contribution in [1.29, 1.82) is 0 Å². The van der Waals surface area contributed by atoms with Crippen LogP contribution < -0.4 is 15.5 Å². The molecule has 0 radical (unpaired) electrons. The van der Waals surface area contributed by atoms with Crippen LogP contribution in [0.1, 0.15) is 22.7 Å². The highest BCUT2D eigenvalue weighted by Crippen LogP contribution is 2.48. The van der Waals surface area contributed by atoms with E-state index in [1.54, 1.807) is 0 Å². The highest BCUT2D eigenvalue weighted by Gasteiger charge is 2.48. The number of benzene rings is 4. The summed E-state index contributed by atoms with van der Waals surface area (Å²) in [4.78, 5) is 2.60. The highest BCUT2D eigenvalue weighted by molar-refractivity contribution is 5.59. The van der Waals surface area contributed by atoms with Crippen LogP contribution in [0.5, 0.6) is 0 Å². The second-order valence-electron chi connectivity index (χ2n) is 8.53. The summed E-state index contributed by atoms with van der Waals surface area (Å²) in [6.07, 6.45) is 0. The molecule has 4 aromatic carbocycles. The zero-order valence-electron chi connectivity index (χ0n) is 18.9. The molecule has 0 aromatic heterocycles. The monoisotopic (exact) mass is 433 g/mol. The number of hydrogen-bond acceptors (Lipinski definition) is 3. The van der Waals surface area contributed by atoms with Gasteiger partial charge in [0.1, 0.15) is 5.54 Å². The van der Waals surface area contributed by atoms with Crippen molar-refractivity contribution in [3.05, 3.63) is 138 Å². The Bertz CT molecular complexity index is 1020. The van der Waals surface area contributed by atoms with Crippen molar-refractivity contribution in [2.75, 3.05) is 31.1 Å². The molecule has 4 aromatic rings. The second kappa shape index (κ2) is 10.0. The summed E-state index contributed by atoms with van der Waals surface area (Å²) < 4.78 is 0. The fraction of sp³-hybridized carbons (Fsp3) is 0.200. The van der Waals surface area contributed by atoms with E-state index in [4.69, 9.17) is 0 Å². The summed E-state index contributed by atoms with van der Waals surface area (Å²) in [5.74, 6) is 0. The van der Waals surface area contributed by atoms with Gasteiger partial charge in [0.25, 0.3) is 0 Å². The average Bonchev–Trinajstić information content (AvgIpc) is 3.00. The van der Waals surface area contributed by atoms with E-state index < -0.39 is 5.54 Å². The largest absolute Gasteiger partial charge is 0.355 e. The first kappa shape index (κ1) is 21.4. The predicted molar refractivity (Wildman–Crippen MR) is 138 cm³/mol. The smallest absolute Gasteiger partial charge is 0.110 e. The third-order valence-corrected chi connectivity index (χ3v) is 6.63. The third-order valence-electron chi connectivity index (χ3n) is 6.63. The fourth-order valence-electron chi connectivity index (χ4n) is 5.24. The van der Waals surface area contributed by atoms with E-state index in [-0.39, 0.29) is 6.04 Å². The van der Waals surface area contributed by atoms with Crippen LogP contribution in [-0.2, 0) is 5.54 Å². The van der Waals surface area contributed by atoms with Crippen molar-refractivity contribution in [3.63, 3.8) is 0 Å². The lowest BCUT2D eigenvalue weighted by Gasteiger charge is -2.51. The van der Waals surface area contributed by atoms with Gasteiger partial charge in [0.15, 0.2) is 0 Å². The van der Waals surface area contributed by atoms with Gasteiger partial charge in [-0.2, -0.15) is 0 Å². The molecule has 0 aliphatic carbocycles. The molecule has 166 valence electrons. The standard InChI is InChI=1S/C30H31N3/c1-5-13-25(14-6-1)29-30(26-15-7-2-8-16-26,27-17-9-3-10-18-27)33(24-23-31-21-22-32-29)28-19-11-4-12-20-28/h1-20,29,31-32H,21-24H2. The van der Waals surface area contributed by atoms with Gasteiger partial charge in [0.2, 0.25) is 0 Å². The Morgan fingerprint density at radius 1 is 0.576 bits per heavy atom. The maximum atomic E-state index is 3.96. The molecule has 2 N–H and O–H groups in total. The van der Waals surface area contributed by atoms with Gasteiger partial charge < -0.3 is 15.5 Å². The SMILES string of the molecule is c1ccc(C2NCCNCCN(c3ccccc3)C2(c2ccccc2)c2ccccc2)cc1. The zero-order valence-corrected chi connectivity index (χ0v) is 18.9. The van der Waals surface area contributed by atoms with Crippen LogP contribution >= 0.6 is 0 Å². The Morgan fingerprint density at radius 2 is 1.09 bits per heavy atom. The van der Waals surface area contributed by atoms with Crippen LogP contribution in [0.15, 0.2) is 121 Å². The van der Waals surface area contributed by atoms with Crippen LogP contribution in [0.2, 0.25) is 0 Å². The maximum Gasteiger partial charge on any atom is 0.110 e. The lowest BCUT2D eigenvalue weighted by Crippen LogP contribution is -2.56. The molecule has 1 heterocycles. The molecule has 1 aliphatic rings. The molecule has 1 aliphatic heterocycles. The van der Waals surface area contributed by atoms with Gasteiger partial charge in [0, 0.05) is 31.9 Å². The highest BCUT2D eigenvalue weighted by atomic mass is 15.3. The van der Waals surface area contributed by atoms with E-state index in [2.05, 4.69) is 137 Å². The molecule has 3 heteroatoms. The van der Waals surface area contributed by atoms with Gasteiger partial charge >= 0.3 is 0 Å². The number of rotatable bonds is 4. The first-order valence-electron chi connectivity index (χ1n) is 11.8. The summed E-state index contributed by atoms with van der Waals surface area (Å²) in [6.45, 7) is 3.63. The average molecular weight is 434 g/mol. The van der Waals surface area contributed by atoms with E-state index in [0.29, 0.717) is 0 Å². The quantitative estimate of drug-likeness (QED) is 0.453. The van der Waals surface area contributed by atoms with E-state index >= 15 is 0 Å². The molecule has 0 bridgehead atoms. The third kappa shape index (κ3) is 4.18. The molecule has 1 atom stereocenters. The first-order chi connectivity index (χ1) is 16.4. The molecule has 1 fully saturated rings. The summed E-state index contributed by atoms with van der Waals surface area (Å²) in [5.41, 5.74) is 4.62. The normalized spacial score (nSPS) is 18.7. The van der Waals surface area contributed by atoms with E-state index in [0.717, 1.165) is 26.2 Å². The van der Waals surface area contributed by atoms with Crippen molar-refractivity contribution in [1.82, 2.24) is 10.6 Å². The maximum absolute atomic E-state index is 3.96. The van der Waals surface area contributed by atoms with E-state index in [9.17, 15) is 0 Å². The van der Waals surface area contributed by atoms with Crippen LogP contribution in [0.25, 0.3) is 0 Å². The predicted octanol–water partition coefficient (Wildman–Crippen LogP) is 5.37.